The zero-order valence-corrected chi connectivity index (χ0v) is 8.50. The van der Waals surface area contributed by atoms with Crippen molar-refractivity contribution >= 4 is 27.0 Å². The summed E-state index contributed by atoms with van der Waals surface area (Å²) < 4.78 is 0.958. The number of H-pyrrole nitrogens is 1. The fourth-order valence-corrected chi connectivity index (χ4v) is 1.59. The van der Waals surface area contributed by atoms with E-state index in [0.29, 0.717) is 6.54 Å². The molecule has 0 radical (unpaired) electrons. The van der Waals surface area contributed by atoms with Crippen molar-refractivity contribution < 1.29 is 0 Å². The fraction of sp³-hybridized carbons (Fsp3) is 0.250. The Labute approximate surface area is 83.7 Å². The van der Waals surface area contributed by atoms with Crippen LogP contribution in [0.15, 0.2) is 16.7 Å². The quantitative estimate of drug-likeness (QED) is 0.830. The van der Waals surface area contributed by atoms with E-state index < -0.39 is 0 Å². The number of aromatic nitrogens is 3. The van der Waals surface area contributed by atoms with Gasteiger partial charge in [-0.2, -0.15) is 5.10 Å². The molecule has 0 saturated heterocycles. The van der Waals surface area contributed by atoms with Gasteiger partial charge in [0.2, 0.25) is 0 Å². The van der Waals surface area contributed by atoms with Crippen molar-refractivity contribution in [3.05, 3.63) is 22.4 Å². The van der Waals surface area contributed by atoms with Gasteiger partial charge in [-0.3, -0.25) is 5.10 Å². The first-order valence-electron chi connectivity index (χ1n) is 4.00. The Morgan fingerprint density at radius 3 is 3.15 bits per heavy atom. The molecule has 0 aromatic carbocycles. The van der Waals surface area contributed by atoms with Gasteiger partial charge in [-0.05, 0) is 28.5 Å². The largest absolute Gasteiger partial charge is 0.330 e. The van der Waals surface area contributed by atoms with Crippen molar-refractivity contribution in [2.75, 3.05) is 6.54 Å². The second-order valence-corrected chi connectivity index (χ2v) is 3.68. The zero-order chi connectivity index (χ0) is 9.26. The van der Waals surface area contributed by atoms with Crippen LogP contribution in [0.3, 0.4) is 0 Å². The van der Waals surface area contributed by atoms with E-state index in [1.165, 1.54) is 0 Å². The third-order valence-corrected chi connectivity index (χ3v) is 2.28. The minimum absolute atomic E-state index is 0.615. The number of rotatable bonds is 2. The molecule has 0 saturated carbocycles. The van der Waals surface area contributed by atoms with E-state index in [0.717, 1.165) is 27.6 Å². The SMILES string of the molecule is NCCc1[nH]nc2ncc(Br)cc12. The zero-order valence-electron chi connectivity index (χ0n) is 6.92. The average Bonchev–Trinajstić information content (AvgIpc) is 2.49. The van der Waals surface area contributed by atoms with Crippen molar-refractivity contribution in [1.82, 2.24) is 15.2 Å². The van der Waals surface area contributed by atoms with Crippen LogP contribution in [0.2, 0.25) is 0 Å². The average molecular weight is 241 g/mol. The summed E-state index contributed by atoms with van der Waals surface area (Å²) in [4.78, 5) is 4.15. The van der Waals surface area contributed by atoms with Gasteiger partial charge in [0, 0.05) is 28.2 Å². The van der Waals surface area contributed by atoms with Gasteiger partial charge in [0.15, 0.2) is 5.65 Å². The lowest BCUT2D eigenvalue weighted by molar-refractivity contribution is 0.908. The van der Waals surface area contributed by atoms with Crippen LogP contribution < -0.4 is 5.73 Å². The van der Waals surface area contributed by atoms with Gasteiger partial charge in [0.25, 0.3) is 0 Å². The lowest BCUT2D eigenvalue weighted by Gasteiger charge is -1.94. The van der Waals surface area contributed by atoms with E-state index >= 15 is 0 Å². The summed E-state index contributed by atoms with van der Waals surface area (Å²) in [6, 6.07) is 2.00. The molecule has 68 valence electrons. The van der Waals surface area contributed by atoms with Gasteiger partial charge in [-0.15, -0.1) is 0 Å². The first-order valence-corrected chi connectivity index (χ1v) is 4.79. The lowest BCUT2D eigenvalue weighted by atomic mass is 10.2. The molecule has 13 heavy (non-hydrogen) atoms. The van der Waals surface area contributed by atoms with Crippen LogP contribution in [-0.2, 0) is 6.42 Å². The fourth-order valence-electron chi connectivity index (χ4n) is 1.26. The molecule has 0 spiro atoms. The summed E-state index contributed by atoms with van der Waals surface area (Å²) in [5, 5.41) is 8.04. The molecule has 2 aromatic heterocycles. The maximum absolute atomic E-state index is 5.47. The maximum atomic E-state index is 5.47. The van der Waals surface area contributed by atoms with E-state index in [-0.39, 0.29) is 0 Å². The lowest BCUT2D eigenvalue weighted by Crippen LogP contribution is -2.03. The van der Waals surface area contributed by atoms with Crippen molar-refractivity contribution in [3.63, 3.8) is 0 Å². The molecular weight excluding hydrogens is 232 g/mol. The molecule has 2 aromatic rings. The number of aromatic amines is 1. The summed E-state index contributed by atoms with van der Waals surface area (Å²) >= 11 is 3.37. The molecule has 4 nitrogen and oxygen atoms in total. The number of fused-ring (bicyclic) bond motifs is 1. The maximum Gasteiger partial charge on any atom is 0.181 e. The van der Waals surface area contributed by atoms with Crippen LogP contribution >= 0.6 is 15.9 Å². The number of halogens is 1. The molecule has 0 fully saturated rings. The van der Waals surface area contributed by atoms with E-state index in [2.05, 4.69) is 31.1 Å². The number of nitrogens with two attached hydrogens (primary N) is 1. The van der Waals surface area contributed by atoms with E-state index in [4.69, 9.17) is 5.73 Å². The Morgan fingerprint density at radius 1 is 1.54 bits per heavy atom. The van der Waals surface area contributed by atoms with Gasteiger partial charge in [-0.1, -0.05) is 0 Å². The molecule has 0 amide bonds. The standard InChI is InChI=1S/C8H9BrN4/c9-5-3-6-7(1-2-10)12-13-8(6)11-4-5/h3-4H,1-2,10H2,(H,11,12,13). The predicted octanol–water partition coefficient (Wildman–Crippen LogP) is 1.22. The van der Waals surface area contributed by atoms with Crippen LogP contribution in [-0.4, -0.2) is 21.7 Å². The number of hydrogen-bond acceptors (Lipinski definition) is 3. The van der Waals surface area contributed by atoms with Crippen LogP contribution in [0.5, 0.6) is 0 Å². The van der Waals surface area contributed by atoms with Crippen molar-refractivity contribution in [1.29, 1.82) is 0 Å². The summed E-state index contributed by atoms with van der Waals surface area (Å²) in [5.74, 6) is 0. The van der Waals surface area contributed by atoms with E-state index in [1.54, 1.807) is 6.20 Å². The smallest absolute Gasteiger partial charge is 0.181 e. The van der Waals surface area contributed by atoms with Crippen molar-refractivity contribution in [2.45, 2.75) is 6.42 Å². The molecule has 2 heterocycles. The molecule has 3 N–H and O–H groups in total. The summed E-state index contributed by atoms with van der Waals surface area (Å²) in [6.45, 7) is 0.615. The summed E-state index contributed by atoms with van der Waals surface area (Å²) in [5.41, 5.74) is 7.26. The Kier molecular flexibility index (Phi) is 2.28. The molecule has 0 aliphatic carbocycles. The molecule has 0 atom stereocenters. The Hall–Kier alpha value is -0.940. The highest BCUT2D eigenvalue weighted by atomic mass is 79.9. The van der Waals surface area contributed by atoms with Crippen molar-refractivity contribution in [2.24, 2.45) is 5.73 Å². The molecule has 0 bridgehead atoms. The topological polar surface area (TPSA) is 67.6 Å². The van der Waals surface area contributed by atoms with Crippen LogP contribution in [0.25, 0.3) is 11.0 Å². The monoisotopic (exact) mass is 240 g/mol. The summed E-state index contributed by atoms with van der Waals surface area (Å²) in [7, 11) is 0. The number of nitrogens with one attached hydrogen (secondary N) is 1. The highest BCUT2D eigenvalue weighted by molar-refractivity contribution is 9.10. The third kappa shape index (κ3) is 1.57. The van der Waals surface area contributed by atoms with Crippen molar-refractivity contribution in [3.8, 4) is 0 Å². The van der Waals surface area contributed by atoms with Gasteiger partial charge in [0.1, 0.15) is 0 Å². The Morgan fingerprint density at radius 2 is 2.38 bits per heavy atom. The Bertz CT molecular complexity index is 423. The minimum Gasteiger partial charge on any atom is -0.330 e. The normalized spacial score (nSPS) is 10.9. The minimum atomic E-state index is 0.615. The van der Waals surface area contributed by atoms with Gasteiger partial charge < -0.3 is 5.73 Å². The van der Waals surface area contributed by atoms with E-state index in [1.807, 2.05) is 6.07 Å². The predicted molar refractivity (Wildman–Crippen MR) is 54.3 cm³/mol. The Balaban J connectivity index is 2.58. The van der Waals surface area contributed by atoms with Crippen LogP contribution in [0, 0.1) is 0 Å². The van der Waals surface area contributed by atoms with Crippen LogP contribution in [0.1, 0.15) is 5.69 Å². The van der Waals surface area contributed by atoms with Gasteiger partial charge in [-0.25, -0.2) is 4.98 Å². The molecule has 0 aliphatic heterocycles. The van der Waals surface area contributed by atoms with Gasteiger partial charge in [0.05, 0.1) is 0 Å². The molecule has 0 aliphatic rings. The van der Waals surface area contributed by atoms with Crippen LogP contribution in [0.4, 0.5) is 0 Å². The van der Waals surface area contributed by atoms with Gasteiger partial charge >= 0.3 is 0 Å². The first kappa shape index (κ1) is 8.65. The number of hydrogen-bond donors (Lipinski definition) is 2. The summed E-state index contributed by atoms with van der Waals surface area (Å²) in [6.07, 6.45) is 2.53. The third-order valence-electron chi connectivity index (χ3n) is 1.85. The highest BCUT2D eigenvalue weighted by Gasteiger charge is 2.05. The number of pyridine rings is 1. The highest BCUT2D eigenvalue weighted by Crippen LogP contribution is 2.18. The second-order valence-electron chi connectivity index (χ2n) is 2.77. The molecule has 5 heteroatoms. The molecule has 0 unspecified atom stereocenters. The second kappa shape index (κ2) is 3.43. The molecule has 2 rings (SSSR count). The molecular formula is C8H9BrN4. The first-order chi connectivity index (χ1) is 6.31. The number of nitrogens with zero attached hydrogens (tertiary/aromatic N) is 2. The van der Waals surface area contributed by atoms with E-state index in [9.17, 15) is 0 Å².